The summed E-state index contributed by atoms with van der Waals surface area (Å²) >= 11 is 0. The predicted molar refractivity (Wildman–Crippen MR) is 80.1 cm³/mol. The van der Waals surface area contributed by atoms with E-state index in [1.54, 1.807) is 0 Å². The first kappa shape index (κ1) is 16.5. The van der Waals surface area contributed by atoms with Gasteiger partial charge in [0.15, 0.2) is 0 Å². The van der Waals surface area contributed by atoms with Crippen LogP contribution in [0.5, 0.6) is 0 Å². The molecule has 2 rings (SSSR count). The Morgan fingerprint density at radius 1 is 1.00 bits per heavy atom. The Kier molecular flexibility index (Phi) is 6.05. The number of benzene rings is 1. The van der Waals surface area contributed by atoms with Crippen LogP contribution in [0.3, 0.4) is 0 Å². The van der Waals surface area contributed by atoms with Gasteiger partial charge in [-0.05, 0) is 31.0 Å². The third-order valence-electron chi connectivity index (χ3n) is 3.00. The van der Waals surface area contributed by atoms with Crippen molar-refractivity contribution < 1.29 is 17.5 Å². The van der Waals surface area contributed by atoms with Crippen LogP contribution < -0.4 is 16.4 Å². The van der Waals surface area contributed by atoms with E-state index in [0.717, 1.165) is 30.2 Å². The maximum atomic E-state index is 8.74. The summed E-state index contributed by atoms with van der Waals surface area (Å²) < 4.78 is 31.6. The van der Waals surface area contributed by atoms with Crippen LogP contribution in [0.1, 0.15) is 25.7 Å². The lowest BCUT2D eigenvalue weighted by atomic mass is 10.2. The van der Waals surface area contributed by atoms with Crippen LogP contribution >= 0.6 is 0 Å². The summed E-state index contributed by atoms with van der Waals surface area (Å²) in [6, 6.07) is 5.74. The van der Waals surface area contributed by atoms with Crippen molar-refractivity contribution in [2.75, 3.05) is 29.5 Å². The van der Waals surface area contributed by atoms with E-state index in [2.05, 4.69) is 4.90 Å². The highest BCUT2D eigenvalue weighted by Crippen LogP contribution is 2.27. The Labute approximate surface area is 119 Å². The van der Waals surface area contributed by atoms with E-state index < -0.39 is 10.4 Å². The largest absolute Gasteiger partial charge is 0.399 e. The molecule has 20 heavy (non-hydrogen) atoms. The number of nitrogen functional groups attached to an aromatic ring is 2. The molecular formula is C12H21N3O4S. The molecule has 1 fully saturated rings. The molecule has 1 aromatic rings. The molecule has 0 unspecified atom stereocenters. The van der Waals surface area contributed by atoms with E-state index >= 15 is 0 Å². The minimum absolute atomic E-state index is 0.795. The molecule has 0 bridgehead atoms. The third kappa shape index (κ3) is 6.60. The second-order valence-corrected chi connectivity index (χ2v) is 5.56. The van der Waals surface area contributed by atoms with Gasteiger partial charge in [0.1, 0.15) is 0 Å². The number of nitrogens with two attached hydrogens (primary N) is 2. The minimum Gasteiger partial charge on any atom is -0.399 e. The predicted octanol–water partition coefficient (Wildman–Crippen LogP) is 1.58. The first-order chi connectivity index (χ1) is 9.27. The normalized spacial score (nSPS) is 16.0. The molecule has 0 spiro atoms. The smallest absolute Gasteiger partial charge is 0.394 e. The van der Waals surface area contributed by atoms with Crippen molar-refractivity contribution in [2.45, 2.75) is 25.7 Å². The zero-order valence-corrected chi connectivity index (χ0v) is 12.0. The summed E-state index contributed by atoms with van der Waals surface area (Å²) in [4.78, 5) is 2.36. The van der Waals surface area contributed by atoms with E-state index in [9.17, 15) is 0 Å². The summed E-state index contributed by atoms with van der Waals surface area (Å²) in [5.74, 6) is 0. The first-order valence-electron chi connectivity index (χ1n) is 6.37. The van der Waals surface area contributed by atoms with E-state index in [1.165, 1.54) is 25.7 Å². The van der Waals surface area contributed by atoms with E-state index in [-0.39, 0.29) is 0 Å². The minimum atomic E-state index is -4.67. The molecule has 0 aromatic heterocycles. The monoisotopic (exact) mass is 303 g/mol. The van der Waals surface area contributed by atoms with Crippen LogP contribution in [-0.4, -0.2) is 30.6 Å². The van der Waals surface area contributed by atoms with Crippen molar-refractivity contribution in [3.63, 3.8) is 0 Å². The average molecular weight is 303 g/mol. The number of rotatable bonds is 1. The molecule has 1 saturated heterocycles. The van der Waals surface area contributed by atoms with Gasteiger partial charge in [0.2, 0.25) is 0 Å². The Hall–Kier alpha value is -1.51. The van der Waals surface area contributed by atoms with Crippen molar-refractivity contribution >= 4 is 27.5 Å². The average Bonchev–Trinajstić information content (AvgIpc) is 2.59. The molecule has 8 heteroatoms. The molecular weight excluding hydrogens is 282 g/mol. The molecule has 1 aliphatic rings. The van der Waals surface area contributed by atoms with Gasteiger partial charge in [-0.15, -0.1) is 0 Å². The van der Waals surface area contributed by atoms with Crippen LogP contribution in [-0.2, 0) is 10.4 Å². The molecule has 0 aliphatic carbocycles. The van der Waals surface area contributed by atoms with Crippen LogP contribution in [0.2, 0.25) is 0 Å². The molecule has 6 N–H and O–H groups in total. The van der Waals surface area contributed by atoms with Gasteiger partial charge in [-0.25, -0.2) is 0 Å². The second kappa shape index (κ2) is 7.32. The Bertz CT molecular complexity index is 518. The molecule has 1 aromatic carbocycles. The highest BCUT2D eigenvalue weighted by Gasteiger charge is 2.12. The Morgan fingerprint density at radius 3 is 2.00 bits per heavy atom. The lowest BCUT2D eigenvalue weighted by Crippen LogP contribution is -2.24. The van der Waals surface area contributed by atoms with Gasteiger partial charge in [0.05, 0.1) is 11.4 Å². The van der Waals surface area contributed by atoms with Crippen molar-refractivity contribution in [3.8, 4) is 0 Å². The van der Waals surface area contributed by atoms with Crippen molar-refractivity contribution in [1.29, 1.82) is 0 Å². The lowest BCUT2D eigenvalue weighted by molar-refractivity contribution is 0.381. The van der Waals surface area contributed by atoms with Gasteiger partial charge in [0, 0.05) is 18.8 Å². The summed E-state index contributed by atoms with van der Waals surface area (Å²) in [5.41, 5.74) is 14.5. The van der Waals surface area contributed by atoms with Gasteiger partial charge in [-0.3, -0.25) is 9.11 Å². The molecule has 1 aliphatic heterocycles. The van der Waals surface area contributed by atoms with Crippen LogP contribution in [0.4, 0.5) is 17.1 Å². The van der Waals surface area contributed by atoms with Gasteiger partial charge < -0.3 is 16.4 Å². The highest BCUT2D eigenvalue weighted by molar-refractivity contribution is 7.79. The number of anilines is 3. The van der Waals surface area contributed by atoms with Crippen molar-refractivity contribution in [2.24, 2.45) is 0 Å². The van der Waals surface area contributed by atoms with Crippen LogP contribution in [0, 0.1) is 0 Å². The summed E-state index contributed by atoms with van der Waals surface area (Å²) in [6.07, 6.45) is 5.18. The van der Waals surface area contributed by atoms with E-state index in [4.69, 9.17) is 29.0 Å². The van der Waals surface area contributed by atoms with Crippen molar-refractivity contribution in [3.05, 3.63) is 18.2 Å². The molecule has 0 amide bonds. The van der Waals surface area contributed by atoms with Gasteiger partial charge >= 0.3 is 10.4 Å². The van der Waals surface area contributed by atoms with E-state index in [1.807, 2.05) is 18.2 Å². The summed E-state index contributed by atoms with van der Waals surface area (Å²) in [6.45, 7) is 2.21. The second-order valence-electron chi connectivity index (χ2n) is 4.67. The fraction of sp³-hybridized carbons (Fsp3) is 0.500. The molecule has 7 nitrogen and oxygen atoms in total. The Morgan fingerprint density at radius 2 is 1.50 bits per heavy atom. The zero-order valence-electron chi connectivity index (χ0n) is 11.2. The summed E-state index contributed by atoms with van der Waals surface area (Å²) in [7, 11) is -4.67. The first-order valence-corrected chi connectivity index (χ1v) is 7.77. The molecule has 114 valence electrons. The maximum Gasteiger partial charge on any atom is 0.394 e. The zero-order chi connectivity index (χ0) is 15.2. The van der Waals surface area contributed by atoms with Gasteiger partial charge in [-0.1, -0.05) is 12.8 Å². The van der Waals surface area contributed by atoms with Crippen molar-refractivity contribution in [1.82, 2.24) is 0 Å². The molecule has 0 radical (unpaired) electrons. The Balaban J connectivity index is 0.000000347. The van der Waals surface area contributed by atoms with Gasteiger partial charge in [0.25, 0.3) is 0 Å². The number of nitrogens with zero attached hydrogens (tertiary/aromatic N) is 1. The maximum absolute atomic E-state index is 8.74. The molecule has 1 heterocycles. The third-order valence-corrected chi connectivity index (χ3v) is 3.00. The standard InChI is InChI=1S/C12H19N3.H2O4S/c13-10-5-6-11(14)12(9-10)15-7-3-1-2-4-8-15;1-5(2,3)4/h5-6,9H,1-4,7-8,13-14H2;(H2,1,2,3,4). The van der Waals surface area contributed by atoms with Crippen LogP contribution in [0.15, 0.2) is 18.2 Å². The lowest BCUT2D eigenvalue weighted by Gasteiger charge is -2.24. The SMILES string of the molecule is Nc1ccc(N)c(N2CCCCCC2)c1.O=S(=O)(O)O. The fourth-order valence-corrected chi connectivity index (χ4v) is 2.15. The quantitative estimate of drug-likeness (QED) is 0.457. The molecule has 0 saturated carbocycles. The fourth-order valence-electron chi connectivity index (χ4n) is 2.15. The summed E-state index contributed by atoms with van der Waals surface area (Å²) in [5, 5.41) is 0. The number of hydrogen-bond acceptors (Lipinski definition) is 5. The highest BCUT2D eigenvalue weighted by atomic mass is 32.3. The molecule has 0 atom stereocenters. The topological polar surface area (TPSA) is 130 Å². The van der Waals surface area contributed by atoms with Gasteiger partial charge in [-0.2, -0.15) is 8.42 Å². The number of hydrogen-bond donors (Lipinski definition) is 4. The van der Waals surface area contributed by atoms with Crippen LogP contribution in [0.25, 0.3) is 0 Å². The van der Waals surface area contributed by atoms with E-state index in [0.29, 0.717) is 0 Å².